The second-order valence-electron chi connectivity index (χ2n) is 8.16. The molecule has 0 bridgehead atoms. The molecular formula is C23H17ClN4O6S2. The highest BCUT2D eigenvalue weighted by Crippen LogP contribution is 2.53. The maximum absolute atomic E-state index is 13.1. The molecule has 4 N–H and O–H groups in total. The fraction of sp³-hybridized carbons (Fsp3) is 0.174. The van der Waals surface area contributed by atoms with Crippen molar-refractivity contribution in [2.75, 3.05) is 5.32 Å². The summed E-state index contributed by atoms with van der Waals surface area (Å²) in [5.74, 6) is -3.74. The van der Waals surface area contributed by atoms with E-state index in [2.05, 4.69) is 5.32 Å². The van der Waals surface area contributed by atoms with Crippen molar-refractivity contribution in [1.82, 2.24) is 9.47 Å². The van der Waals surface area contributed by atoms with Crippen molar-refractivity contribution in [2.45, 2.75) is 22.7 Å². The average Bonchev–Trinajstić information content (AvgIpc) is 3.27. The molecular weight excluding hydrogens is 528 g/mol. The standard InChI is InChI=1S/C23H17ClN4O6S2/c24-11-3-5-12(6-4-11)26-14(30)9-27-21-18(36-23(27)34)15(10-1-7-13(29)8-2-10)16-17(35-21)20(32)28(19(16)31)22(25)33/h1-8,15-17,29H,9H2,(H2,25,33)(H,26,30)/t15-,16+,17-/m0/s1. The number of hydrogen-bond donors (Lipinski definition) is 3. The minimum Gasteiger partial charge on any atom is -0.508 e. The van der Waals surface area contributed by atoms with Crippen LogP contribution in [0.15, 0.2) is 58.4 Å². The Balaban J connectivity index is 1.55. The Hall–Kier alpha value is -3.61. The van der Waals surface area contributed by atoms with Crippen molar-refractivity contribution in [3.63, 3.8) is 0 Å². The van der Waals surface area contributed by atoms with E-state index in [0.717, 1.165) is 23.1 Å². The van der Waals surface area contributed by atoms with Crippen LogP contribution >= 0.6 is 34.7 Å². The van der Waals surface area contributed by atoms with Gasteiger partial charge >= 0.3 is 10.9 Å². The van der Waals surface area contributed by atoms with E-state index in [9.17, 15) is 29.1 Å². The minimum atomic E-state index is -1.17. The van der Waals surface area contributed by atoms with Crippen LogP contribution < -0.4 is 15.9 Å². The Morgan fingerprint density at radius 2 is 1.69 bits per heavy atom. The highest BCUT2D eigenvalue weighted by molar-refractivity contribution is 8.00. The first-order chi connectivity index (χ1) is 17.2. The van der Waals surface area contributed by atoms with Gasteiger partial charge in [-0.2, -0.15) is 4.90 Å². The number of benzene rings is 2. The molecule has 0 spiro atoms. The SMILES string of the molecule is NC(=O)N1C(=O)[C@@H]2[C@H](c3ccc(O)cc3)c3sc(=O)n(CC(=O)Nc4ccc(Cl)cc4)c3S[C@@H]2C1=O. The first-order valence-electron chi connectivity index (χ1n) is 10.6. The van der Waals surface area contributed by atoms with Gasteiger partial charge in [-0.3, -0.25) is 23.7 Å². The van der Waals surface area contributed by atoms with Crippen molar-refractivity contribution in [3.05, 3.63) is 73.7 Å². The van der Waals surface area contributed by atoms with Gasteiger partial charge in [0.25, 0.3) is 5.91 Å². The lowest BCUT2D eigenvalue weighted by atomic mass is 9.83. The van der Waals surface area contributed by atoms with Crippen LogP contribution in [0, 0.1) is 5.92 Å². The lowest BCUT2D eigenvalue weighted by Crippen LogP contribution is -2.41. The third kappa shape index (κ3) is 4.06. The van der Waals surface area contributed by atoms with Gasteiger partial charge in [-0.05, 0) is 42.0 Å². The van der Waals surface area contributed by atoms with E-state index in [4.69, 9.17) is 17.3 Å². The number of nitrogens with two attached hydrogens (primary N) is 1. The number of aromatic hydroxyl groups is 1. The lowest BCUT2D eigenvalue weighted by molar-refractivity contribution is -0.135. The average molecular weight is 545 g/mol. The molecule has 2 aromatic carbocycles. The molecule has 184 valence electrons. The Kier molecular flexibility index (Phi) is 6.10. The van der Waals surface area contributed by atoms with Crippen LogP contribution in [0.4, 0.5) is 10.5 Å². The number of nitrogens with one attached hydrogen (secondary N) is 1. The van der Waals surface area contributed by atoms with Crippen molar-refractivity contribution >= 4 is 64.1 Å². The fourth-order valence-corrected chi connectivity index (χ4v) is 7.29. The number of carbonyl (C=O) groups excluding carboxylic acids is 4. The summed E-state index contributed by atoms with van der Waals surface area (Å²) in [4.78, 5) is 64.3. The van der Waals surface area contributed by atoms with Gasteiger partial charge in [0.05, 0.1) is 10.9 Å². The number of thioether (sulfide) groups is 1. The Bertz CT molecular complexity index is 1470. The molecule has 0 aliphatic carbocycles. The lowest BCUT2D eigenvalue weighted by Gasteiger charge is -2.30. The van der Waals surface area contributed by atoms with Gasteiger partial charge in [-0.25, -0.2) is 4.79 Å². The van der Waals surface area contributed by atoms with Gasteiger partial charge < -0.3 is 16.2 Å². The van der Waals surface area contributed by atoms with Gasteiger partial charge in [0.15, 0.2) is 0 Å². The number of thiazole rings is 1. The molecule has 36 heavy (non-hydrogen) atoms. The largest absolute Gasteiger partial charge is 0.508 e. The number of anilines is 1. The number of imide groups is 3. The first-order valence-corrected chi connectivity index (χ1v) is 12.6. The number of likely N-dealkylation sites (tertiary alicyclic amines) is 1. The van der Waals surface area contributed by atoms with E-state index >= 15 is 0 Å². The second kappa shape index (κ2) is 9.12. The highest BCUT2D eigenvalue weighted by Gasteiger charge is 2.57. The molecule has 3 aromatic rings. The third-order valence-corrected chi connectivity index (χ3v) is 8.81. The van der Waals surface area contributed by atoms with Crippen LogP contribution in [0.1, 0.15) is 16.4 Å². The zero-order valence-electron chi connectivity index (χ0n) is 18.2. The van der Waals surface area contributed by atoms with Gasteiger partial charge in [-0.1, -0.05) is 46.8 Å². The topological polar surface area (TPSA) is 152 Å². The summed E-state index contributed by atoms with van der Waals surface area (Å²) < 4.78 is 1.25. The number of primary amides is 1. The molecule has 0 radical (unpaired) electrons. The number of amides is 5. The summed E-state index contributed by atoms with van der Waals surface area (Å²) in [5.41, 5.74) is 6.37. The number of nitrogens with zero attached hydrogens (tertiary/aromatic N) is 2. The molecule has 5 rings (SSSR count). The highest BCUT2D eigenvalue weighted by atomic mass is 35.5. The number of fused-ring (bicyclic) bond motifs is 2. The van der Waals surface area contributed by atoms with Crippen LogP contribution in [0.3, 0.4) is 0 Å². The van der Waals surface area contributed by atoms with E-state index in [1.807, 2.05) is 0 Å². The van der Waals surface area contributed by atoms with E-state index < -0.39 is 45.7 Å². The molecule has 3 heterocycles. The van der Waals surface area contributed by atoms with E-state index in [-0.39, 0.29) is 12.3 Å². The van der Waals surface area contributed by atoms with Crippen molar-refractivity contribution in [1.29, 1.82) is 0 Å². The monoisotopic (exact) mass is 544 g/mol. The van der Waals surface area contributed by atoms with E-state index in [1.165, 1.54) is 16.7 Å². The van der Waals surface area contributed by atoms with Gasteiger partial charge in [-0.15, -0.1) is 0 Å². The summed E-state index contributed by atoms with van der Waals surface area (Å²) in [6.07, 6.45) is 0. The molecule has 1 fully saturated rings. The molecule has 0 saturated carbocycles. The molecule has 10 nitrogen and oxygen atoms in total. The maximum Gasteiger partial charge on any atom is 0.328 e. The number of aromatic nitrogens is 1. The first kappa shape index (κ1) is 24.1. The maximum atomic E-state index is 13.1. The zero-order valence-corrected chi connectivity index (χ0v) is 20.6. The number of rotatable bonds is 4. The summed E-state index contributed by atoms with van der Waals surface area (Å²) in [6.45, 7) is -0.332. The second-order valence-corrected chi connectivity index (χ2v) is 10.7. The van der Waals surface area contributed by atoms with Crippen LogP contribution in [0.5, 0.6) is 5.75 Å². The summed E-state index contributed by atoms with van der Waals surface area (Å²) in [5, 5.41) is 12.3. The molecule has 0 unspecified atom stereocenters. The predicted octanol–water partition coefficient (Wildman–Crippen LogP) is 2.58. The van der Waals surface area contributed by atoms with Crippen LogP contribution in [-0.4, -0.2) is 43.6 Å². The van der Waals surface area contributed by atoms with Crippen LogP contribution in [0.2, 0.25) is 5.02 Å². The molecule has 1 aromatic heterocycles. The normalized spacial score (nSPS) is 20.7. The van der Waals surface area contributed by atoms with Crippen molar-refractivity contribution in [3.8, 4) is 5.75 Å². The number of halogens is 1. The summed E-state index contributed by atoms with van der Waals surface area (Å²) in [7, 11) is 0. The van der Waals surface area contributed by atoms with Gasteiger partial charge in [0, 0.05) is 21.5 Å². The predicted molar refractivity (Wildman–Crippen MR) is 133 cm³/mol. The van der Waals surface area contributed by atoms with Gasteiger partial charge in [0.1, 0.15) is 17.5 Å². The smallest absolute Gasteiger partial charge is 0.328 e. The molecule has 2 aliphatic rings. The molecule has 2 aliphatic heterocycles. The van der Waals surface area contributed by atoms with Crippen LogP contribution in [0.25, 0.3) is 0 Å². The fourth-order valence-electron chi connectivity index (χ4n) is 4.39. The Morgan fingerprint density at radius 1 is 1.03 bits per heavy atom. The number of carbonyl (C=O) groups is 4. The van der Waals surface area contributed by atoms with E-state index in [1.54, 1.807) is 36.4 Å². The number of phenolic OH excluding ortho intramolecular Hbond substituents is 1. The molecule has 3 atom stereocenters. The number of urea groups is 1. The molecule has 1 saturated heterocycles. The van der Waals surface area contributed by atoms with Crippen molar-refractivity contribution in [2.24, 2.45) is 11.7 Å². The van der Waals surface area contributed by atoms with Crippen molar-refractivity contribution < 1.29 is 24.3 Å². The minimum absolute atomic E-state index is 0.00192. The quantitative estimate of drug-likeness (QED) is 0.427. The van der Waals surface area contributed by atoms with Crippen LogP contribution in [-0.2, 0) is 20.9 Å². The Labute approximate surface area is 216 Å². The van der Waals surface area contributed by atoms with Gasteiger partial charge in [0.2, 0.25) is 11.8 Å². The summed E-state index contributed by atoms with van der Waals surface area (Å²) in [6, 6.07) is 11.3. The zero-order chi connectivity index (χ0) is 25.7. The van der Waals surface area contributed by atoms with E-state index in [0.29, 0.717) is 31.1 Å². The molecule has 5 amide bonds. The Morgan fingerprint density at radius 3 is 2.33 bits per heavy atom. The molecule has 13 heteroatoms. The number of hydrogen-bond acceptors (Lipinski definition) is 8. The summed E-state index contributed by atoms with van der Waals surface area (Å²) >= 11 is 7.71. The third-order valence-electron chi connectivity index (χ3n) is 5.95. The number of phenols is 1.